The van der Waals surface area contributed by atoms with Gasteiger partial charge in [-0.2, -0.15) is 0 Å². The minimum atomic E-state index is -0.272. The standard InChI is InChI=1S/C15H15FO/c1-11-8-9-14(16)10-15(11)17-12(2)13-6-4-3-5-7-13/h3-10,12H,1-2H3. The van der Waals surface area contributed by atoms with Crippen LogP contribution in [0.1, 0.15) is 24.2 Å². The highest BCUT2D eigenvalue weighted by atomic mass is 19.1. The number of halogens is 1. The number of aryl methyl sites for hydroxylation is 1. The number of rotatable bonds is 3. The summed E-state index contributed by atoms with van der Waals surface area (Å²) in [5.41, 5.74) is 2.02. The van der Waals surface area contributed by atoms with E-state index >= 15 is 0 Å². The first-order valence-electron chi connectivity index (χ1n) is 5.64. The Hall–Kier alpha value is -1.83. The van der Waals surface area contributed by atoms with Crippen molar-refractivity contribution in [3.8, 4) is 5.75 Å². The van der Waals surface area contributed by atoms with Gasteiger partial charge in [-0.15, -0.1) is 0 Å². The molecule has 1 unspecified atom stereocenters. The molecule has 88 valence electrons. The van der Waals surface area contributed by atoms with Gasteiger partial charge in [0.15, 0.2) is 0 Å². The number of benzene rings is 2. The molecule has 0 saturated carbocycles. The van der Waals surface area contributed by atoms with Crippen LogP contribution in [0.25, 0.3) is 0 Å². The monoisotopic (exact) mass is 230 g/mol. The van der Waals surface area contributed by atoms with Crippen LogP contribution >= 0.6 is 0 Å². The molecular weight excluding hydrogens is 215 g/mol. The Bertz CT molecular complexity index is 494. The van der Waals surface area contributed by atoms with Gasteiger partial charge >= 0.3 is 0 Å². The van der Waals surface area contributed by atoms with E-state index in [1.165, 1.54) is 12.1 Å². The Morgan fingerprint density at radius 1 is 1.06 bits per heavy atom. The summed E-state index contributed by atoms with van der Waals surface area (Å²) in [4.78, 5) is 0. The summed E-state index contributed by atoms with van der Waals surface area (Å²) in [5, 5.41) is 0. The molecule has 1 nitrogen and oxygen atoms in total. The summed E-state index contributed by atoms with van der Waals surface area (Å²) >= 11 is 0. The van der Waals surface area contributed by atoms with Gasteiger partial charge in [-0.1, -0.05) is 36.4 Å². The van der Waals surface area contributed by atoms with E-state index in [0.29, 0.717) is 5.75 Å². The van der Waals surface area contributed by atoms with Crippen molar-refractivity contribution in [3.05, 3.63) is 65.5 Å². The molecule has 0 aliphatic heterocycles. The van der Waals surface area contributed by atoms with E-state index in [1.807, 2.05) is 44.2 Å². The van der Waals surface area contributed by atoms with Crippen LogP contribution in [0.3, 0.4) is 0 Å². The smallest absolute Gasteiger partial charge is 0.126 e. The Kier molecular flexibility index (Phi) is 3.43. The zero-order valence-electron chi connectivity index (χ0n) is 9.98. The predicted octanol–water partition coefficient (Wildman–Crippen LogP) is 4.27. The third-order valence-electron chi connectivity index (χ3n) is 2.72. The van der Waals surface area contributed by atoms with E-state index in [-0.39, 0.29) is 11.9 Å². The first-order valence-corrected chi connectivity index (χ1v) is 5.64. The van der Waals surface area contributed by atoms with Gasteiger partial charge in [-0.3, -0.25) is 0 Å². The van der Waals surface area contributed by atoms with Crippen LogP contribution in [-0.4, -0.2) is 0 Å². The largest absolute Gasteiger partial charge is 0.486 e. The van der Waals surface area contributed by atoms with Crippen LogP contribution in [0.4, 0.5) is 4.39 Å². The topological polar surface area (TPSA) is 9.23 Å². The van der Waals surface area contributed by atoms with E-state index in [4.69, 9.17) is 4.74 Å². The highest BCUT2D eigenvalue weighted by molar-refractivity contribution is 5.33. The molecule has 2 heteroatoms. The summed E-state index contributed by atoms with van der Waals surface area (Å²) in [6, 6.07) is 14.5. The minimum Gasteiger partial charge on any atom is -0.486 e. The van der Waals surface area contributed by atoms with Gasteiger partial charge in [0, 0.05) is 6.07 Å². The molecule has 0 aliphatic rings. The minimum absolute atomic E-state index is 0.0864. The molecule has 0 aromatic heterocycles. The van der Waals surface area contributed by atoms with E-state index in [2.05, 4.69) is 0 Å². The van der Waals surface area contributed by atoms with Gasteiger partial charge in [-0.25, -0.2) is 4.39 Å². The zero-order chi connectivity index (χ0) is 12.3. The molecule has 0 fully saturated rings. The molecule has 0 bridgehead atoms. The quantitative estimate of drug-likeness (QED) is 0.765. The van der Waals surface area contributed by atoms with E-state index < -0.39 is 0 Å². The van der Waals surface area contributed by atoms with Crippen LogP contribution in [0, 0.1) is 12.7 Å². The summed E-state index contributed by atoms with van der Waals surface area (Å²) < 4.78 is 18.9. The second-order valence-corrected chi connectivity index (χ2v) is 4.08. The average Bonchev–Trinajstić information content (AvgIpc) is 2.35. The van der Waals surface area contributed by atoms with Gasteiger partial charge in [-0.05, 0) is 31.0 Å². The molecule has 2 aromatic rings. The molecule has 0 heterocycles. The van der Waals surface area contributed by atoms with Crippen LogP contribution in [-0.2, 0) is 0 Å². The van der Waals surface area contributed by atoms with Gasteiger partial charge in [0.25, 0.3) is 0 Å². The number of hydrogen-bond acceptors (Lipinski definition) is 1. The van der Waals surface area contributed by atoms with Gasteiger partial charge in [0.05, 0.1) is 0 Å². The molecular formula is C15H15FO. The summed E-state index contributed by atoms with van der Waals surface area (Å²) in [7, 11) is 0. The molecule has 0 saturated heterocycles. The molecule has 2 aromatic carbocycles. The first-order chi connectivity index (χ1) is 8.16. The Balaban J connectivity index is 2.18. The maximum atomic E-state index is 13.1. The SMILES string of the molecule is Cc1ccc(F)cc1OC(C)c1ccccc1. The molecule has 0 spiro atoms. The van der Waals surface area contributed by atoms with E-state index in [9.17, 15) is 4.39 Å². The molecule has 0 N–H and O–H groups in total. The third kappa shape index (κ3) is 2.84. The summed E-state index contributed by atoms with van der Waals surface area (Å²) in [6.07, 6.45) is -0.0864. The normalized spacial score (nSPS) is 12.2. The zero-order valence-corrected chi connectivity index (χ0v) is 9.98. The lowest BCUT2D eigenvalue weighted by atomic mass is 10.1. The second kappa shape index (κ2) is 5.00. The molecule has 17 heavy (non-hydrogen) atoms. The predicted molar refractivity (Wildman–Crippen MR) is 66.6 cm³/mol. The van der Waals surface area contributed by atoms with Crippen molar-refractivity contribution < 1.29 is 9.13 Å². The molecule has 0 aliphatic carbocycles. The summed E-state index contributed by atoms with van der Waals surface area (Å²) in [5.74, 6) is 0.326. The van der Waals surface area contributed by atoms with Gasteiger partial charge < -0.3 is 4.74 Å². The fraction of sp³-hybridized carbons (Fsp3) is 0.200. The number of ether oxygens (including phenoxy) is 1. The van der Waals surface area contributed by atoms with E-state index in [0.717, 1.165) is 11.1 Å². The number of hydrogen-bond donors (Lipinski definition) is 0. The van der Waals surface area contributed by atoms with E-state index in [1.54, 1.807) is 6.07 Å². The first kappa shape index (κ1) is 11.6. The maximum absolute atomic E-state index is 13.1. The highest BCUT2D eigenvalue weighted by Crippen LogP contribution is 2.25. The lowest BCUT2D eigenvalue weighted by molar-refractivity contribution is 0.224. The van der Waals surface area contributed by atoms with Crippen LogP contribution in [0.15, 0.2) is 48.5 Å². The van der Waals surface area contributed by atoms with Crippen LogP contribution in [0.5, 0.6) is 5.75 Å². The molecule has 0 amide bonds. The van der Waals surface area contributed by atoms with Crippen LogP contribution < -0.4 is 4.74 Å². The summed E-state index contributed by atoms with van der Waals surface area (Å²) in [6.45, 7) is 3.87. The van der Waals surface area contributed by atoms with Crippen molar-refractivity contribution in [3.63, 3.8) is 0 Å². The lowest BCUT2D eigenvalue weighted by Crippen LogP contribution is -2.04. The van der Waals surface area contributed by atoms with Crippen molar-refractivity contribution >= 4 is 0 Å². The molecule has 2 rings (SSSR count). The Morgan fingerprint density at radius 3 is 2.47 bits per heavy atom. The highest BCUT2D eigenvalue weighted by Gasteiger charge is 2.09. The lowest BCUT2D eigenvalue weighted by Gasteiger charge is -2.16. The van der Waals surface area contributed by atoms with Crippen molar-refractivity contribution in [2.75, 3.05) is 0 Å². The Morgan fingerprint density at radius 2 is 1.76 bits per heavy atom. The van der Waals surface area contributed by atoms with Crippen molar-refractivity contribution in [2.24, 2.45) is 0 Å². The van der Waals surface area contributed by atoms with Crippen molar-refractivity contribution in [1.82, 2.24) is 0 Å². The van der Waals surface area contributed by atoms with Crippen LogP contribution in [0.2, 0.25) is 0 Å². The Labute approximate surface area is 101 Å². The fourth-order valence-electron chi connectivity index (χ4n) is 1.68. The van der Waals surface area contributed by atoms with Gasteiger partial charge in [0.1, 0.15) is 17.7 Å². The van der Waals surface area contributed by atoms with Crippen molar-refractivity contribution in [2.45, 2.75) is 20.0 Å². The third-order valence-corrected chi connectivity index (χ3v) is 2.72. The maximum Gasteiger partial charge on any atom is 0.126 e. The molecule has 0 radical (unpaired) electrons. The second-order valence-electron chi connectivity index (χ2n) is 4.08. The fourth-order valence-corrected chi connectivity index (χ4v) is 1.68. The molecule has 1 atom stereocenters. The van der Waals surface area contributed by atoms with Gasteiger partial charge in [0.2, 0.25) is 0 Å². The average molecular weight is 230 g/mol. The van der Waals surface area contributed by atoms with Crippen molar-refractivity contribution in [1.29, 1.82) is 0 Å².